The molecule has 1 fully saturated rings. The number of aliphatic hydroxyl groups excluding tert-OH is 1. The van der Waals surface area contributed by atoms with Gasteiger partial charge in [0.1, 0.15) is 31.3 Å². The number of ether oxygens (including phenoxy) is 10. The van der Waals surface area contributed by atoms with Gasteiger partial charge in [-0.25, -0.2) is 14.2 Å². The first kappa shape index (κ1) is 81.9. The van der Waals surface area contributed by atoms with Gasteiger partial charge < -0.3 is 99.4 Å². The van der Waals surface area contributed by atoms with Gasteiger partial charge in [-0.3, -0.25) is 52.8 Å². The zero-order valence-electron chi connectivity index (χ0n) is 59.4. The maximum Gasteiger partial charge on any atom is 0.343 e. The summed E-state index contributed by atoms with van der Waals surface area (Å²) in [6.07, 6.45) is -0.937. The number of carbonyl (C=O) groups excluding carboxylic acids is 10. The van der Waals surface area contributed by atoms with E-state index in [4.69, 9.17) is 52.4 Å². The van der Waals surface area contributed by atoms with Crippen LogP contribution in [0.1, 0.15) is 97.4 Å². The monoisotopic (exact) mass is 1470 g/mol. The zero-order valence-corrected chi connectivity index (χ0v) is 59.4. The summed E-state index contributed by atoms with van der Waals surface area (Å²) in [5.74, 6) is -6.43. The third kappa shape index (κ3) is 23.8. The van der Waals surface area contributed by atoms with E-state index in [-0.39, 0.29) is 132 Å². The number of nitrogens with zero attached hydrogens (tertiary/aromatic N) is 3. The Morgan fingerprint density at radius 2 is 1.26 bits per heavy atom. The van der Waals surface area contributed by atoms with E-state index in [0.29, 0.717) is 150 Å². The molecule has 9 amide bonds. The van der Waals surface area contributed by atoms with Gasteiger partial charge in [0, 0.05) is 73.7 Å². The molecule has 1 aliphatic carbocycles. The number of fused-ring (bicyclic) bond motifs is 5. The standard InChI is InChI=1S/C71H95FN10O23/c1-4-71(95)50-36-55-65-48(41-82(55)69(93)49(50)42-105-70(71)94)64-52(11-10-47-45(3)51(72)37-53(79-65)63(47)64)80-67(91)56(83)13-17-104-43-77-60(87)39-76-66(90)54(35-46-8-6-5-7-9-46)78-61(88)40-75-59(86)38-74-58(85)14-18-96-20-22-98-24-26-100-28-30-102-32-33-103-31-29-101-27-25-99-23-21-97-19-15-73-57(84)12-16-81-62(89)34-44(2)68(81)92/h5-9,36-37,44,52,54,56,83,95H,4,10-35,38-43H2,1-3H3,(H,73,84)(H,74,85)(H,75,86)(H,76,90)(H,77,87)(H,78,88)(H,80,91)/t44?,52-,54-,56+,71-/m0/s1. The van der Waals surface area contributed by atoms with Gasteiger partial charge in [0.15, 0.2) is 5.60 Å². The first-order valence-electron chi connectivity index (χ1n) is 35.2. The van der Waals surface area contributed by atoms with Crippen LogP contribution in [0.5, 0.6) is 0 Å². The molecular weight excluding hydrogens is 1380 g/mol. The number of cyclic esters (lactones) is 1. The second-order valence-electron chi connectivity index (χ2n) is 25.2. The van der Waals surface area contributed by atoms with E-state index in [1.807, 2.05) is 0 Å². The lowest BCUT2D eigenvalue weighted by atomic mass is 9.81. The largest absolute Gasteiger partial charge is 0.458 e. The molecule has 0 saturated carbocycles. The molecule has 9 N–H and O–H groups in total. The maximum atomic E-state index is 15.4. The summed E-state index contributed by atoms with van der Waals surface area (Å²) in [6.45, 7) is 8.24. The van der Waals surface area contributed by atoms with Crippen molar-refractivity contribution < 1.29 is 110 Å². The lowest BCUT2D eigenvalue weighted by molar-refractivity contribution is -0.172. The molecular formula is C71H95FN10O23. The number of esters is 1. The van der Waals surface area contributed by atoms with E-state index >= 15 is 4.39 Å². The van der Waals surface area contributed by atoms with Crippen LogP contribution in [0.3, 0.4) is 0 Å². The average Bonchev–Trinajstić information content (AvgIpc) is 1.61. The van der Waals surface area contributed by atoms with Gasteiger partial charge in [-0.2, -0.15) is 0 Å². The molecule has 33 nitrogen and oxygen atoms in total. The molecule has 105 heavy (non-hydrogen) atoms. The normalized spacial score (nSPS) is 16.9. The fraction of sp³-hybridized carbons (Fsp3) is 0.577. The molecule has 0 bridgehead atoms. The minimum absolute atomic E-state index is 0.0209. The number of benzene rings is 2. The Bertz CT molecular complexity index is 3750. The Morgan fingerprint density at radius 3 is 1.88 bits per heavy atom. The smallest absolute Gasteiger partial charge is 0.343 e. The SMILES string of the molecule is CC[C@@]1(O)C(=O)OCc2c1cc1n(c2=O)Cc2c-1nc1cc(F)c(C)c3c1c2[C@@H](NC(=O)[C@H](O)CCOCNC(=O)CNC(=O)[C@H](Cc1ccccc1)NC(=O)CNC(=O)CNC(=O)CCOCCOCCOCCOCCOCCOCCOCCOCCNC(=O)CCN1C(=O)CC(C)C1=O)CC3. The van der Waals surface area contributed by atoms with Crippen molar-refractivity contribution in [2.24, 2.45) is 5.92 Å². The number of carbonyl (C=O) groups is 10. The van der Waals surface area contributed by atoms with Crippen molar-refractivity contribution >= 4 is 70.0 Å². The number of aromatic nitrogens is 2. The van der Waals surface area contributed by atoms with Crippen molar-refractivity contribution in [3.8, 4) is 11.4 Å². The van der Waals surface area contributed by atoms with Crippen LogP contribution >= 0.6 is 0 Å². The molecule has 8 rings (SSSR count). The molecule has 34 heteroatoms. The van der Waals surface area contributed by atoms with Crippen LogP contribution in [0.2, 0.25) is 0 Å². The molecule has 4 aliphatic rings. The van der Waals surface area contributed by atoms with E-state index in [9.17, 15) is 63.0 Å². The zero-order chi connectivity index (χ0) is 75.3. The van der Waals surface area contributed by atoms with E-state index in [1.165, 1.54) is 10.6 Å². The summed E-state index contributed by atoms with van der Waals surface area (Å²) in [7, 11) is 0. The lowest BCUT2D eigenvalue weighted by Crippen LogP contribution is -2.52. The molecule has 5 heterocycles. The molecule has 3 aliphatic heterocycles. The third-order valence-electron chi connectivity index (χ3n) is 17.8. The van der Waals surface area contributed by atoms with E-state index < -0.39 is 96.2 Å². The summed E-state index contributed by atoms with van der Waals surface area (Å²) < 4.78 is 71.4. The van der Waals surface area contributed by atoms with Crippen LogP contribution in [0.4, 0.5) is 4.39 Å². The van der Waals surface area contributed by atoms with Crippen molar-refractivity contribution in [1.82, 2.24) is 51.7 Å². The van der Waals surface area contributed by atoms with Crippen molar-refractivity contribution in [2.45, 2.75) is 109 Å². The van der Waals surface area contributed by atoms with Gasteiger partial charge in [-0.05, 0) is 54.5 Å². The fourth-order valence-electron chi connectivity index (χ4n) is 12.1. The quantitative estimate of drug-likeness (QED) is 0.00973. The molecule has 0 radical (unpaired) electrons. The van der Waals surface area contributed by atoms with Crippen LogP contribution < -0.4 is 42.8 Å². The Hall–Kier alpha value is -8.81. The van der Waals surface area contributed by atoms with Gasteiger partial charge in [0.05, 0.1) is 167 Å². The Balaban J connectivity index is 0.608. The van der Waals surface area contributed by atoms with Gasteiger partial charge in [-0.1, -0.05) is 44.2 Å². The minimum Gasteiger partial charge on any atom is -0.458 e. The second kappa shape index (κ2) is 41.8. The van der Waals surface area contributed by atoms with Crippen LogP contribution in [-0.2, 0) is 127 Å². The van der Waals surface area contributed by atoms with Gasteiger partial charge >= 0.3 is 5.97 Å². The van der Waals surface area contributed by atoms with Crippen molar-refractivity contribution in [3.63, 3.8) is 0 Å². The van der Waals surface area contributed by atoms with E-state index in [0.717, 1.165) is 4.90 Å². The first-order chi connectivity index (χ1) is 50.7. The number of halogens is 1. The molecule has 2 aromatic carbocycles. The predicted molar refractivity (Wildman–Crippen MR) is 368 cm³/mol. The number of likely N-dealkylation sites (tertiary alicyclic amines) is 1. The molecule has 2 aromatic heterocycles. The summed E-state index contributed by atoms with van der Waals surface area (Å²) >= 11 is 0. The summed E-state index contributed by atoms with van der Waals surface area (Å²) in [4.78, 5) is 146. The maximum absolute atomic E-state index is 15.4. The Kier molecular flexibility index (Phi) is 32.6. The topological polar surface area (TPSA) is 426 Å². The molecule has 0 spiro atoms. The van der Waals surface area contributed by atoms with E-state index in [2.05, 4.69) is 37.2 Å². The van der Waals surface area contributed by atoms with Crippen molar-refractivity contribution in [2.75, 3.05) is 152 Å². The minimum atomic E-state index is -2.07. The van der Waals surface area contributed by atoms with Gasteiger partial charge in [-0.15, -0.1) is 0 Å². The van der Waals surface area contributed by atoms with Crippen LogP contribution in [-0.4, -0.2) is 248 Å². The second-order valence-corrected chi connectivity index (χ2v) is 25.2. The number of aliphatic hydroxyl groups is 2. The molecule has 1 saturated heterocycles. The highest BCUT2D eigenvalue weighted by molar-refractivity contribution is 6.03. The van der Waals surface area contributed by atoms with Gasteiger partial charge in [0.25, 0.3) is 5.56 Å². The number of amides is 9. The molecule has 574 valence electrons. The Morgan fingerprint density at radius 1 is 0.676 bits per heavy atom. The summed E-state index contributed by atoms with van der Waals surface area (Å²) in [5.41, 5.74) is 1.56. The number of nitrogens with one attached hydrogen (secondary N) is 7. The van der Waals surface area contributed by atoms with Crippen molar-refractivity contribution in [1.29, 1.82) is 0 Å². The number of aryl methyl sites for hydroxylation is 1. The number of imide groups is 1. The summed E-state index contributed by atoms with van der Waals surface area (Å²) in [5, 5.41) is 41.1. The lowest BCUT2D eigenvalue weighted by Gasteiger charge is -2.31. The van der Waals surface area contributed by atoms with Gasteiger partial charge in [0.2, 0.25) is 53.2 Å². The highest BCUT2D eigenvalue weighted by Crippen LogP contribution is 2.46. The highest BCUT2D eigenvalue weighted by atomic mass is 19.1. The first-order valence-corrected chi connectivity index (χ1v) is 35.2. The van der Waals surface area contributed by atoms with Crippen LogP contribution in [0.25, 0.3) is 22.3 Å². The Labute approximate surface area is 605 Å². The number of rotatable bonds is 48. The van der Waals surface area contributed by atoms with Crippen LogP contribution in [0.15, 0.2) is 47.3 Å². The molecule has 4 aromatic rings. The van der Waals surface area contributed by atoms with E-state index in [1.54, 1.807) is 57.2 Å². The van der Waals surface area contributed by atoms with Crippen molar-refractivity contribution in [3.05, 3.63) is 97.6 Å². The van der Waals surface area contributed by atoms with Crippen LogP contribution in [0, 0.1) is 18.7 Å². The fourth-order valence-corrected chi connectivity index (χ4v) is 12.1. The summed E-state index contributed by atoms with van der Waals surface area (Å²) in [6, 6.07) is 9.70. The number of pyridine rings is 2. The average molecular weight is 1480 g/mol. The highest BCUT2D eigenvalue weighted by Gasteiger charge is 2.46. The molecule has 1 unspecified atom stereocenters. The predicted octanol–water partition coefficient (Wildman–Crippen LogP) is -1.03. The number of hydrogen-bond acceptors (Lipinski definition) is 24. The molecule has 5 atom stereocenters. The third-order valence-corrected chi connectivity index (χ3v) is 17.8. The number of hydrogen-bond donors (Lipinski definition) is 9.